The number of esters is 1. The molecule has 9 heteroatoms. The van der Waals surface area contributed by atoms with Gasteiger partial charge < -0.3 is 13.7 Å². The third-order valence-corrected chi connectivity index (χ3v) is 4.73. The highest BCUT2D eigenvalue weighted by molar-refractivity contribution is 6.30. The van der Waals surface area contributed by atoms with Crippen LogP contribution in [0.1, 0.15) is 18.7 Å². The summed E-state index contributed by atoms with van der Waals surface area (Å²) in [5, 5.41) is 4.53. The van der Waals surface area contributed by atoms with Gasteiger partial charge in [0, 0.05) is 23.6 Å². The van der Waals surface area contributed by atoms with Gasteiger partial charge in [-0.25, -0.2) is 4.79 Å². The van der Waals surface area contributed by atoms with Gasteiger partial charge in [0.2, 0.25) is 11.7 Å². The first kappa shape index (κ1) is 19.9. The van der Waals surface area contributed by atoms with Crippen molar-refractivity contribution in [3.05, 3.63) is 70.0 Å². The van der Waals surface area contributed by atoms with E-state index in [1.807, 2.05) is 12.1 Å². The summed E-state index contributed by atoms with van der Waals surface area (Å²) in [6.45, 7) is 0.599. The lowest BCUT2D eigenvalue weighted by molar-refractivity contribution is -0.143. The van der Waals surface area contributed by atoms with Crippen molar-refractivity contribution in [1.29, 1.82) is 0 Å². The molecule has 2 heterocycles. The number of aromatic nitrogens is 3. The van der Waals surface area contributed by atoms with Crippen LogP contribution in [0, 0.1) is 0 Å². The van der Waals surface area contributed by atoms with Crippen LogP contribution in [0.5, 0.6) is 0 Å². The maximum Gasteiger partial charge on any atom is 0.419 e. The zero-order valence-electron chi connectivity index (χ0n) is 15.9. The number of halogens is 1. The number of oxazole rings is 1. The number of aryl methyl sites for hydroxylation is 2. The Morgan fingerprint density at radius 2 is 1.93 bits per heavy atom. The molecule has 0 N–H and O–H groups in total. The zero-order chi connectivity index (χ0) is 20.9. The van der Waals surface area contributed by atoms with Gasteiger partial charge in [-0.3, -0.25) is 9.36 Å². The molecule has 2 aromatic heterocycles. The summed E-state index contributed by atoms with van der Waals surface area (Å²) in [6.07, 6.45) is 0.901. The molecule has 0 radical (unpaired) electrons. The minimum Gasteiger partial charge on any atom is -0.466 e. The molecule has 0 aliphatic heterocycles. The van der Waals surface area contributed by atoms with Crippen molar-refractivity contribution in [2.75, 3.05) is 6.61 Å². The molecule has 154 valence electrons. The van der Waals surface area contributed by atoms with Crippen molar-refractivity contribution in [1.82, 2.24) is 14.7 Å². The number of para-hydroxylation sites is 2. The van der Waals surface area contributed by atoms with E-state index in [2.05, 4.69) is 10.1 Å². The van der Waals surface area contributed by atoms with E-state index in [9.17, 15) is 9.59 Å². The van der Waals surface area contributed by atoms with E-state index < -0.39 is 5.76 Å². The number of rotatable bonds is 8. The zero-order valence-corrected chi connectivity index (χ0v) is 16.7. The molecule has 0 bridgehead atoms. The smallest absolute Gasteiger partial charge is 0.419 e. The van der Waals surface area contributed by atoms with Crippen LogP contribution in [-0.4, -0.2) is 27.3 Å². The van der Waals surface area contributed by atoms with Crippen LogP contribution in [0.2, 0.25) is 5.02 Å². The molecule has 0 unspecified atom stereocenters. The normalized spacial score (nSPS) is 11.1. The fraction of sp³-hybridized carbons (Fsp3) is 0.238. The predicted molar refractivity (Wildman–Crippen MR) is 109 cm³/mol. The summed E-state index contributed by atoms with van der Waals surface area (Å²) < 4.78 is 17.1. The highest BCUT2D eigenvalue weighted by atomic mass is 35.5. The molecule has 0 atom stereocenters. The van der Waals surface area contributed by atoms with Crippen LogP contribution in [0.4, 0.5) is 0 Å². The average molecular weight is 428 g/mol. The second-order valence-corrected chi connectivity index (χ2v) is 7.02. The number of benzene rings is 2. The summed E-state index contributed by atoms with van der Waals surface area (Å²) in [6, 6.07) is 14.3. The lowest BCUT2D eigenvalue weighted by atomic mass is 10.2. The first-order valence-electron chi connectivity index (χ1n) is 9.43. The van der Waals surface area contributed by atoms with E-state index in [0.717, 1.165) is 11.1 Å². The van der Waals surface area contributed by atoms with Gasteiger partial charge in [0.1, 0.15) is 0 Å². The Hall–Kier alpha value is -3.39. The van der Waals surface area contributed by atoms with E-state index in [0.29, 0.717) is 35.3 Å². The van der Waals surface area contributed by atoms with Crippen molar-refractivity contribution < 1.29 is 18.5 Å². The van der Waals surface area contributed by atoms with Crippen LogP contribution >= 0.6 is 11.6 Å². The quantitative estimate of drug-likeness (QED) is 0.311. The van der Waals surface area contributed by atoms with Crippen LogP contribution in [0.15, 0.2) is 62.3 Å². The predicted octanol–water partition coefficient (Wildman–Crippen LogP) is 3.86. The highest BCUT2D eigenvalue weighted by Gasteiger charge is 2.12. The molecule has 0 fully saturated rings. The number of hydrogen-bond donors (Lipinski definition) is 0. The van der Waals surface area contributed by atoms with E-state index in [-0.39, 0.29) is 25.4 Å². The maximum atomic E-state index is 12.0. The monoisotopic (exact) mass is 427 g/mol. The lowest BCUT2D eigenvalue weighted by Crippen LogP contribution is -2.16. The molecule has 0 saturated heterocycles. The van der Waals surface area contributed by atoms with E-state index in [1.165, 1.54) is 4.57 Å². The SMILES string of the molecule is O=C(CCc1nc(-c2ccc(Cl)cc2)no1)OCCCn1c(=O)oc2ccccc21. The summed E-state index contributed by atoms with van der Waals surface area (Å²) in [5.41, 5.74) is 2.04. The minimum absolute atomic E-state index is 0.122. The van der Waals surface area contributed by atoms with E-state index in [4.69, 9.17) is 25.3 Å². The van der Waals surface area contributed by atoms with Crippen molar-refractivity contribution in [2.24, 2.45) is 0 Å². The molecule has 4 aromatic rings. The molecule has 0 aliphatic carbocycles. The first-order chi connectivity index (χ1) is 14.6. The molecule has 0 saturated carbocycles. The summed E-state index contributed by atoms with van der Waals surface area (Å²) in [5.74, 6) is 0.00203. The Labute approximate surface area is 176 Å². The second kappa shape index (κ2) is 8.96. The molecule has 30 heavy (non-hydrogen) atoms. The summed E-state index contributed by atoms with van der Waals surface area (Å²) in [7, 11) is 0. The Bertz CT molecular complexity index is 1210. The van der Waals surface area contributed by atoms with Crippen molar-refractivity contribution in [3.8, 4) is 11.4 Å². The largest absolute Gasteiger partial charge is 0.466 e. The van der Waals surface area contributed by atoms with Gasteiger partial charge in [-0.1, -0.05) is 28.9 Å². The molecular weight excluding hydrogens is 410 g/mol. The van der Waals surface area contributed by atoms with Gasteiger partial charge in [-0.15, -0.1) is 0 Å². The molecule has 0 spiro atoms. The second-order valence-electron chi connectivity index (χ2n) is 6.58. The molecule has 8 nitrogen and oxygen atoms in total. The Kier molecular flexibility index (Phi) is 5.94. The van der Waals surface area contributed by atoms with Crippen LogP contribution < -0.4 is 5.76 Å². The molecule has 2 aromatic carbocycles. The fourth-order valence-corrected chi connectivity index (χ4v) is 3.11. The Morgan fingerprint density at radius 1 is 1.13 bits per heavy atom. The van der Waals surface area contributed by atoms with Gasteiger partial charge in [-0.05, 0) is 42.8 Å². The molecule has 0 amide bonds. The Balaban J connectivity index is 1.22. The number of carbonyl (C=O) groups excluding carboxylic acids is 1. The highest BCUT2D eigenvalue weighted by Crippen LogP contribution is 2.19. The summed E-state index contributed by atoms with van der Waals surface area (Å²) >= 11 is 5.87. The van der Waals surface area contributed by atoms with Gasteiger partial charge in [-0.2, -0.15) is 4.98 Å². The first-order valence-corrected chi connectivity index (χ1v) is 9.80. The number of hydrogen-bond acceptors (Lipinski definition) is 7. The van der Waals surface area contributed by atoms with Crippen molar-refractivity contribution in [3.63, 3.8) is 0 Å². The molecule has 0 aliphatic rings. The van der Waals surface area contributed by atoms with Crippen molar-refractivity contribution >= 4 is 28.7 Å². The standard InChI is InChI=1S/C21H18ClN3O5/c22-15-8-6-14(7-9-15)20-23-18(30-24-20)10-11-19(26)28-13-3-12-25-16-4-1-2-5-17(16)29-21(25)27/h1-2,4-9H,3,10-13H2. The number of fused-ring (bicyclic) bond motifs is 1. The average Bonchev–Trinajstić information content (AvgIpc) is 3.34. The number of carbonyl (C=O) groups is 1. The van der Waals surface area contributed by atoms with Gasteiger partial charge in [0.05, 0.1) is 18.5 Å². The van der Waals surface area contributed by atoms with E-state index in [1.54, 1.807) is 36.4 Å². The lowest BCUT2D eigenvalue weighted by Gasteiger charge is -2.04. The Morgan fingerprint density at radius 3 is 2.77 bits per heavy atom. The topological polar surface area (TPSA) is 100 Å². The maximum absolute atomic E-state index is 12.0. The third-order valence-electron chi connectivity index (χ3n) is 4.48. The third kappa shape index (κ3) is 4.60. The van der Waals surface area contributed by atoms with Crippen molar-refractivity contribution in [2.45, 2.75) is 25.8 Å². The fourth-order valence-electron chi connectivity index (χ4n) is 2.99. The van der Waals surface area contributed by atoms with Crippen LogP contribution in [0.25, 0.3) is 22.5 Å². The minimum atomic E-state index is -0.421. The van der Waals surface area contributed by atoms with Crippen LogP contribution in [0.3, 0.4) is 0 Å². The summed E-state index contributed by atoms with van der Waals surface area (Å²) in [4.78, 5) is 28.1. The number of ether oxygens (including phenoxy) is 1. The molecule has 4 rings (SSSR count). The van der Waals surface area contributed by atoms with Gasteiger partial charge in [0.15, 0.2) is 5.58 Å². The number of nitrogens with zero attached hydrogens (tertiary/aromatic N) is 3. The molecular formula is C21H18ClN3O5. The van der Waals surface area contributed by atoms with Crippen LogP contribution in [-0.2, 0) is 22.5 Å². The van der Waals surface area contributed by atoms with E-state index >= 15 is 0 Å². The van der Waals surface area contributed by atoms with Gasteiger partial charge in [0.25, 0.3) is 0 Å². The van der Waals surface area contributed by atoms with Gasteiger partial charge >= 0.3 is 11.7 Å².